The topological polar surface area (TPSA) is 138 Å². The number of hydrogen-bond acceptors (Lipinski definition) is 8. The third kappa shape index (κ3) is 2.00. The van der Waals surface area contributed by atoms with Crippen LogP contribution >= 0.6 is 0 Å². The highest BCUT2D eigenvalue weighted by molar-refractivity contribution is 5.71. The van der Waals surface area contributed by atoms with Crippen LogP contribution < -0.4 is 11.3 Å². The average Bonchev–Trinajstić information content (AvgIpc) is 3.05. The maximum atomic E-state index is 12.1. The molecular formula is C12H17N5O5. The van der Waals surface area contributed by atoms with E-state index in [0.29, 0.717) is 0 Å². The summed E-state index contributed by atoms with van der Waals surface area (Å²) in [6.45, 7) is -0.360. The van der Waals surface area contributed by atoms with Crippen molar-refractivity contribution in [2.24, 2.45) is 7.05 Å². The first-order chi connectivity index (χ1) is 10.5. The molecule has 2 aromatic heterocycles. The molecular weight excluding hydrogens is 294 g/mol. The van der Waals surface area contributed by atoms with Crippen LogP contribution in [0, 0.1) is 0 Å². The molecule has 0 amide bonds. The number of imidazole rings is 1. The predicted molar refractivity (Wildman–Crippen MR) is 75.0 cm³/mol. The van der Waals surface area contributed by atoms with E-state index in [9.17, 15) is 15.0 Å². The number of aliphatic hydroxyl groups excluding tert-OH is 2. The summed E-state index contributed by atoms with van der Waals surface area (Å²) in [6, 6.07) is 0. The van der Waals surface area contributed by atoms with Crippen molar-refractivity contribution in [1.82, 2.24) is 19.1 Å². The van der Waals surface area contributed by atoms with Gasteiger partial charge in [-0.2, -0.15) is 4.98 Å². The smallest absolute Gasteiger partial charge is 0.282 e. The third-order valence-corrected chi connectivity index (χ3v) is 3.88. The molecule has 120 valence electrons. The number of nitrogens with zero attached hydrogens (tertiary/aromatic N) is 4. The first-order valence-corrected chi connectivity index (χ1v) is 6.65. The van der Waals surface area contributed by atoms with Crippen LogP contribution in [0.1, 0.15) is 6.23 Å². The molecule has 0 saturated carbocycles. The SMILES string of the molecule is CO[C@@H]1[C@H](O)[C@@H](CO)O[C@H]1n1cnc2c(=O)n(C)c(N)nc21. The Balaban J connectivity index is 2.13. The van der Waals surface area contributed by atoms with E-state index < -0.39 is 24.5 Å². The minimum absolute atomic E-state index is 0.0328. The Morgan fingerprint density at radius 2 is 2.27 bits per heavy atom. The number of aliphatic hydroxyl groups is 2. The van der Waals surface area contributed by atoms with E-state index >= 15 is 0 Å². The molecule has 1 fully saturated rings. The molecule has 1 aliphatic rings. The minimum atomic E-state index is -1.01. The van der Waals surface area contributed by atoms with Crippen molar-refractivity contribution in [3.05, 3.63) is 16.7 Å². The molecule has 2 aromatic rings. The van der Waals surface area contributed by atoms with Gasteiger partial charge in [-0.1, -0.05) is 0 Å². The summed E-state index contributed by atoms with van der Waals surface area (Å²) in [7, 11) is 2.92. The second kappa shape index (κ2) is 5.32. The van der Waals surface area contributed by atoms with Gasteiger partial charge in [0.15, 0.2) is 17.4 Å². The highest BCUT2D eigenvalue weighted by atomic mass is 16.6. The normalized spacial score (nSPS) is 28.5. The molecule has 1 saturated heterocycles. The number of ether oxygens (including phenoxy) is 2. The van der Waals surface area contributed by atoms with E-state index in [1.54, 1.807) is 0 Å². The van der Waals surface area contributed by atoms with Gasteiger partial charge >= 0.3 is 0 Å². The predicted octanol–water partition coefficient (Wildman–Crippen LogP) is -2.02. The Hall–Kier alpha value is -2.01. The molecule has 0 aromatic carbocycles. The molecule has 0 spiro atoms. The Bertz CT molecular complexity index is 756. The van der Waals surface area contributed by atoms with Crippen LogP contribution in [0.5, 0.6) is 0 Å². The molecule has 3 heterocycles. The standard InChI is InChI=1S/C12H17N5O5/c1-16-10(20)6-9(15-12(16)13)17(4-14-6)11-8(21-2)7(19)5(3-18)22-11/h4-5,7-8,11,18-19H,3H2,1-2H3,(H2,13,15)/t5-,7-,8-,11-/m1/s1. The second-order valence-electron chi connectivity index (χ2n) is 5.10. The highest BCUT2D eigenvalue weighted by Gasteiger charge is 2.45. The van der Waals surface area contributed by atoms with Crippen molar-refractivity contribution in [3.8, 4) is 0 Å². The van der Waals surface area contributed by atoms with Gasteiger partial charge in [-0.05, 0) is 0 Å². The number of aromatic nitrogens is 4. The molecule has 0 aliphatic carbocycles. The fourth-order valence-corrected chi connectivity index (χ4v) is 2.60. The van der Waals surface area contributed by atoms with Gasteiger partial charge in [0.25, 0.3) is 5.56 Å². The van der Waals surface area contributed by atoms with Crippen molar-refractivity contribution in [1.29, 1.82) is 0 Å². The summed E-state index contributed by atoms with van der Waals surface area (Å²) in [5.74, 6) is 0.0328. The molecule has 3 rings (SSSR count). The fraction of sp³-hybridized carbons (Fsp3) is 0.583. The summed E-state index contributed by atoms with van der Waals surface area (Å²) in [6.07, 6.45) is -1.94. The van der Waals surface area contributed by atoms with Crippen molar-refractivity contribution < 1.29 is 19.7 Å². The van der Waals surface area contributed by atoms with Crippen LogP contribution in [0.25, 0.3) is 11.2 Å². The monoisotopic (exact) mass is 311 g/mol. The van der Waals surface area contributed by atoms with Crippen LogP contribution in [-0.4, -0.2) is 61.3 Å². The van der Waals surface area contributed by atoms with Gasteiger partial charge in [0.05, 0.1) is 12.9 Å². The maximum absolute atomic E-state index is 12.1. The van der Waals surface area contributed by atoms with Gasteiger partial charge in [-0.25, -0.2) is 4.98 Å². The molecule has 0 radical (unpaired) electrons. The number of nitrogens with two attached hydrogens (primary N) is 1. The summed E-state index contributed by atoms with van der Waals surface area (Å²) in [5.41, 5.74) is 5.70. The van der Waals surface area contributed by atoms with Crippen molar-refractivity contribution >= 4 is 17.1 Å². The largest absolute Gasteiger partial charge is 0.394 e. The second-order valence-corrected chi connectivity index (χ2v) is 5.10. The van der Waals surface area contributed by atoms with Crippen molar-refractivity contribution in [2.45, 2.75) is 24.5 Å². The van der Waals surface area contributed by atoms with Crippen LogP contribution in [0.2, 0.25) is 0 Å². The zero-order chi connectivity index (χ0) is 16.0. The van der Waals surface area contributed by atoms with Gasteiger partial charge < -0.3 is 25.4 Å². The Morgan fingerprint density at radius 1 is 1.55 bits per heavy atom. The first-order valence-electron chi connectivity index (χ1n) is 6.65. The van der Waals surface area contributed by atoms with Crippen LogP contribution in [-0.2, 0) is 16.5 Å². The molecule has 22 heavy (non-hydrogen) atoms. The van der Waals surface area contributed by atoms with E-state index in [0.717, 1.165) is 0 Å². The summed E-state index contributed by atoms with van der Waals surface area (Å²) in [4.78, 5) is 20.3. The van der Waals surface area contributed by atoms with Crippen LogP contribution in [0.3, 0.4) is 0 Å². The molecule has 0 bridgehead atoms. The zero-order valence-electron chi connectivity index (χ0n) is 12.1. The average molecular weight is 311 g/mol. The summed E-state index contributed by atoms with van der Waals surface area (Å²) >= 11 is 0. The molecule has 0 unspecified atom stereocenters. The van der Waals surface area contributed by atoms with Gasteiger partial charge in [0.2, 0.25) is 5.95 Å². The number of rotatable bonds is 3. The summed E-state index contributed by atoms with van der Waals surface area (Å²) in [5, 5.41) is 19.3. The van der Waals surface area contributed by atoms with E-state index in [1.165, 1.54) is 29.6 Å². The van der Waals surface area contributed by atoms with Gasteiger partial charge in [-0.15, -0.1) is 0 Å². The lowest BCUT2D eigenvalue weighted by molar-refractivity contribution is -0.0583. The quantitative estimate of drug-likeness (QED) is 0.590. The van der Waals surface area contributed by atoms with Gasteiger partial charge in [0, 0.05) is 14.2 Å². The fourth-order valence-electron chi connectivity index (χ4n) is 2.60. The van der Waals surface area contributed by atoms with Gasteiger partial charge in [0.1, 0.15) is 18.3 Å². The van der Waals surface area contributed by atoms with E-state index in [-0.39, 0.29) is 29.3 Å². The first kappa shape index (κ1) is 14.9. The Labute approximate surface area is 124 Å². The van der Waals surface area contributed by atoms with Crippen molar-refractivity contribution in [3.63, 3.8) is 0 Å². The Kier molecular flexibility index (Phi) is 3.60. The van der Waals surface area contributed by atoms with Crippen LogP contribution in [0.15, 0.2) is 11.1 Å². The lowest BCUT2D eigenvalue weighted by atomic mass is 10.1. The number of nitrogen functional groups attached to an aromatic ring is 1. The highest BCUT2D eigenvalue weighted by Crippen LogP contribution is 2.32. The van der Waals surface area contributed by atoms with Crippen LogP contribution in [0.4, 0.5) is 5.95 Å². The van der Waals surface area contributed by atoms with E-state index in [1.807, 2.05) is 0 Å². The lowest BCUT2D eigenvalue weighted by Gasteiger charge is -2.20. The lowest BCUT2D eigenvalue weighted by Crippen LogP contribution is -2.34. The number of hydrogen-bond donors (Lipinski definition) is 3. The number of anilines is 1. The molecule has 1 aliphatic heterocycles. The van der Waals surface area contributed by atoms with Gasteiger partial charge in [-0.3, -0.25) is 13.9 Å². The zero-order valence-corrected chi connectivity index (χ0v) is 12.1. The minimum Gasteiger partial charge on any atom is -0.394 e. The maximum Gasteiger partial charge on any atom is 0.282 e. The molecule has 10 nitrogen and oxygen atoms in total. The molecule has 4 atom stereocenters. The van der Waals surface area contributed by atoms with Crippen molar-refractivity contribution in [2.75, 3.05) is 19.5 Å². The van der Waals surface area contributed by atoms with E-state index in [2.05, 4.69) is 9.97 Å². The summed E-state index contributed by atoms with van der Waals surface area (Å²) < 4.78 is 13.5. The Morgan fingerprint density at radius 3 is 2.91 bits per heavy atom. The molecule has 4 N–H and O–H groups in total. The van der Waals surface area contributed by atoms with E-state index in [4.69, 9.17) is 15.2 Å². The third-order valence-electron chi connectivity index (χ3n) is 3.88. The molecule has 10 heteroatoms. The number of methoxy groups -OCH3 is 1. The number of fused-ring (bicyclic) bond motifs is 1.